The molecule has 0 saturated heterocycles. The molecule has 0 aromatic carbocycles. The number of rotatable bonds is 5. The summed E-state index contributed by atoms with van der Waals surface area (Å²) in [6, 6.07) is 0. The molecule has 1 aromatic rings. The highest BCUT2D eigenvalue weighted by Gasteiger charge is 2.18. The van der Waals surface area contributed by atoms with Gasteiger partial charge in [0.25, 0.3) is 0 Å². The zero-order valence-electron chi connectivity index (χ0n) is 10.5. The summed E-state index contributed by atoms with van der Waals surface area (Å²) in [7, 11) is 2.05. The van der Waals surface area contributed by atoms with Crippen LogP contribution in [0.15, 0.2) is 12.4 Å². The minimum Gasteiger partial charge on any atom is -0.338 e. The average Bonchev–Trinajstić information content (AvgIpc) is 2.73. The van der Waals surface area contributed by atoms with Crippen LogP contribution < -0.4 is 5.32 Å². The van der Waals surface area contributed by atoms with Gasteiger partial charge < -0.3 is 9.88 Å². The molecular formula is C13H22ClN3. The van der Waals surface area contributed by atoms with Crippen LogP contribution in [0.25, 0.3) is 0 Å². The van der Waals surface area contributed by atoms with Gasteiger partial charge in [0.2, 0.25) is 0 Å². The van der Waals surface area contributed by atoms with Crippen LogP contribution in [-0.4, -0.2) is 28.0 Å². The third-order valence-corrected chi connectivity index (χ3v) is 4.09. The van der Waals surface area contributed by atoms with Gasteiger partial charge in [0.05, 0.1) is 0 Å². The van der Waals surface area contributed by atoms with Crippen molar-refractivity contribution in [3.05, 3.63) is 18.2 Å². The normalized spacial score (nSPS) is 25.1. The number of hydrogen-bond acceptors (Lipinski definition) is 2. The molecule has 0 unspecified atom stereocenters. The van der Waals surface area contributed by atoms with Crippen molar-refractivity contribution in [3.63, 3.8) is 0 Å². The van der Waals surface area contributed by atoms with Crippen molar-refractivity contribution in [1.29, 1.82) is 0 Å². The SMILES string of the molecule is Cn1ccnc1CCNCC1CCC(Cl)CC1. The summed E-state index contributed by atoms with van der Waals surface area (Å²) < 4.78 is 2.08. The van der Waals surface area contributed by atoms with Crippen LogP contribution in [-0.2, 0) is 13.5 Å². The second kappa shape index (κ2) is 6.41. The van der Waals surface area contributed by atoms with E-state index in [1.54, 1.807) is 0 Å². The fourth-order valence-electron chi connectivity index (χ4n) is 2.47. The molecule has 0 bridgehead atoms. The molecule has 1 fully saturated rings. The van der Waals surface area contributed by atoms with E-state index < -0.39 is 0 Å². The van der Waals surface area contributed by atoms with Crippen molar-refractivity contribution in [2.24, 2.45) is 13.0 Å². The van der Waals surface area contributed by atoms with Crippen LogP contribution in [0.2, 0.25) is 0 Å². The van der Waals surface area contributed by atoms with Gasteiger partial charge in [-0.05, 0) is 38.1 Å². The Bertz CT molecular complexity index is 329. The number of halogens is 1. The Kier molecular flexibility index (Phi) is 4.86. The largest absolute Gasteiger partial charge is 0.338 e. The minimum atomic E-state index is 0.429. The minimum absolute atomic E-state index is 0.429. The van der Waals surface area contributed by atoms with Gasteiger partial charge in [0, 0.05) is 37.8 Å². The smallest absolute Gasteiger partial charge is 0.109 e. The van der Waals surface area contributed by atoms with Gasteiger partial charge in [-0.25, -0.2) is 4.98 Å². The first kappa shape index (κ1) is 12.9. The fraction of sp³-hybridized carbons (Fsp3) is 0.769. The standard InChI is InChI=1S/C13H22ClN3/c1-17-9-8-16-13(17)6-7-15-10-11-2-4-12(14)5-3-11/h8-9,11-12,15H,2-7,10H2,1H3. The first-order valence-corrected chi connectivity index (χ1v) is 7.00. The lowest BCUT2D eigenvalue weighted by molar-refractivity contribution is 0.346. The molecule has 1 N–H and O–H groups in total. The van der Waals surface area contributed by atoms with E-state index in [0.29, 0.717) is 5.38 Å². The molecule has 1 aliphatic carbocycles. The van der Waals surface area contributed by atoms with Crippen molar-refractivity contribution in [1.82, 2.24) is 14.9 Å². The average molecular weight is 256 g/mol. The Hall–Kier alpha value is -0.540. The number of alkyl halides is 1. The third kappa shape index (κ3) is 4.00. The van der Waals surface area contributed by atoms with Crippen LogP contribution >= 0.6 is 11.6 Å². The third-order valence-electron chi connectivity index (χ3n) is 3.66. The summed E-state index contributed by atoms with van der Waals surface area (Å²) in [5.41, 5.74) is 0. The monoisotopic (exact) mass is 255 g/mol. The Morgan fingerprint density at radius 3 is 2.82 bits per heavy atom. The fourth-order valence-corrected chi connectivity index (χ4v) is 2.72. The number of hydrogen-bond donors (Lipinski definition) is 1. The van der Waals surface area contributed by atoms with E-state index in [1.165, 1.54) is 25.7 Å². The first-order chi connectivity index (χ1) is 8.25. The predicted octanol–water partition coefficient (Wildman–Crippen LogP) is 2.35. The van der Waals surface area contributed by atoms with E-state index in [-0.39, 0.29) is 0 Å². The quantitative estimate of drug-likeness (QED) is 0.647. The van der Waals surface area contributed by atoms with Crippen LogP contribution in [0, 0.1) is 5.92 Å². The highest BCUT2D eigenvalue weighted by molar-refractivity contribution is 6.20. The molecule has 0 aliphatic heterocycles. The second-order valence-electron chi connectivity index (χ2n) is 5.03. The van der Waals surface area contributed by atoms with E-state index in [0.717, 1.165) is 31.3 Å². The lowest BCUT2D eigenvalue weighted by Gasteiger charge is -2.25. The van der Waals surface area contributed by atoms with Gasteiger partial charge in [-0.15, -0.1) is 11.6 Å². The van der Waals surface area contributed by atoms with Gasteiger partial charge in [-0.3, -0.25) is 0 Å². The number of nitrogens with one attached hydrogen (secondary N) is 1. The molecular weight excluding hydrogens is 234 g/mol. The number of aryl methyl sites for hydroxylation is 1. The molecule has 1 aromatic heterocycles. The highest BCUT2D eigenvalue weighted by Crippen LogP contribution is 2.26. The van der Waals surface area contributed by atoms with Crippen LogP contribution in [0.4, 0.5) is 0 Å². The summed E-state index contributed by atoms with van der Waals surface area (Å²) in [5.74, 6) is 1.98. The summed E-state index contributed by atoms with van der Waals surface area (Å²) in [4.78, 5) is 4.32. The van der Waals surface area contributed by atoms with Gasteiger partial charge in [0.15, 0.2) is 0 Å². The maximum Gasteiger partial charge on any atom is 0.109 e. The van der Waals surface area contributed by atoms with Crippen molar-refractivity contribution in [2.45, 2.75) is 37.5 Å². The molecule has 2 rings (SSSR count). The molecule has 0 amide bonds. The summed E-state index contributed by atoms with van der Waals surface area (Å²) in [5, 5.41) is 3.97. The van der Waals surface area contributed by atoms with Crippen molar-refractivity contribution >= 4 is 11.6 Å². The van der Waals surface area contributed by atoms with E-state index in [1.807, 2.05) is 19.4 Å². The molecule has 1 saturated carbocycles. The summed E-state index contributed by atoms with van der Waals surface area (Å²) in [6.07, 6.45) is 9.80. The molecule has 0 spiro atoms. The van der Waals surface area contributed by atoms with Crippen LogP contribution in [0.1, 0.15) is 31.5 Å². The molecule has 96 valence electrons. The van der Waals surface area contributed by atoms with E-state index >= 15 is 0 Å². The van der Waals surface area contributed by atoms with E-state index in [2.05, 4.69) is 14.9 Å². The molecule has 3 nitrogen and oxygen atoms in total. The van der Waals surface area contributed by atoms with Crippen molar-refractivity contribution < 1.29 is 0 Å². The van der Waals surface area contributed by atoms with Gasteiger partial charge in [0.1, 0.15) is 5.82 Å². The highest BCUT2D eigenvalue weighted by atomic mass is 35.5. The zero-order valence-corrected chi connectivity index (χ0v) is 11.3. The van der Waals surface area contributed by atoms with Crippen LogP contribution in [0.3, 0.4) is 0 Å². The molecule has 1 heterocycles. The lowest BCUT2D eigenvalue weighted by Crippen LogP contribution is -2.28. The predicted molar refractivity (Wildman–Crippen MR) is 71.4 cm³/mol. The Labute approximate surface area is 109 Å². The van der Waals surface area contributed by atoms with Gasteiger partial charge in [-0.2, -0.15) is 0 Å². The lowest BCUT2D eigenvalue weighted by atomic mass is 9.89. The summed E-state index contributed by atoms with van der Waals surface area (Å²) in [6.45, 7) is 2.15. The van der Waals surface area contributed by atoms with Crippen LogP contribution in [0.5, 0.6) is 0 Å². The number of imidazole rings is 1. The Morgan fingerprint density at radius 2 is 2.18 bits per heavy atom. The van der Waals surface area contributed by atoms with Crippen molar-refractivity contribution in [3.8, 4) is 0 Å². The maximum absolute atomic E-state index is 6.10. The molecule has 0 atom stereocenters. The molecule has 17 heavy (non-hydrogen) atoms. The first-order valence-electron chi connectivity index (χ1n) is 6.56. The molecule has 0 radical (unpaired) electrons. The Morgan fingerprint density at radius 1 is 1.41 bits per heavy atom. The van der Waals surface area contributed by atoms with Gasteiger partial charge in [-0.1, -0.05) is 0 Å². The topological polar surface area (TPSA) is 29.9 Å². The van der Waals surface area contributed by atoms with Gasteiger partial charge >= 0.3 is 0 Å². The van der Waals surface area contributed by atoms with E-state index in [4.69, 9.17) is 11.6 Å². The zero-order chi connectivity index (χ0) is 12.1. The number of aromatic nitrogens is 2. The second-order valence-corrected chi connectivity index (χ2v) is 5.64. The summed E-state index contributed by atoms with van der Waals surface area (Å²) >= 11 is 6.10. The van der Waals surface area contributed by atoms with Crippen molar-refractivity contribution in [2.75, 3.05) is 13.1 Å². The number of nitrogens with zero attached hydrogens (tertiary/aromatic N) is 2. The maximum atomic E-state index is 6.10. The molecule has 1 aliphatic rings. The molecule has 4 heteroatoms. The Balaban J connectivity index is 1.59. The van der Waals surface area contributed by atoms with E-state index in [9.17, 15) is 0 Å².